The molecule has 0 aliphatic carbocycles. The highest BCUT2D eigenvalue weighted by atomic mass is 35.5. The number of hydrogen-bond acceptors (Lipinski definition) is 4. The fraction of sp³-hybridized carbons (Fsp3) is 0.176. The molecule has 6 nitrogen and oxygen atoms in total. The topological polar surface area (TPSA) is 87.7 Å². The number of nitrogens with one attached hydrogen (secondary N) is 2. The standard InChI is InChI=1S/C17H17ClN2O4/c1-24-15-7-4-12(10-14(15)18)20-17(23)16(22)19-9-8-11-2-5-13(21)6-3-11/h2-7,10,21H,8-9H2,1H3,(H,19,22)(H,20,23). The number of carbonyl (C=O) groups excluding carboxylic acids is 2. The molecule has 2 aromatic rings. The number of benzene rings is 2. The molecule has 3 N–H and O–H groups in total. The van der Waals surface area contributed by atoms with Crippen LogP contribution in [0.15, 0.2) is 42.5 Å². The van der Waals surface area contributed by atoms with E-state index in [0.717, 1.165) is 5.56 Å². The fourth-order valence-electron chi connectivity index (χ4n) is 2.00. The summed E-state index contributed by atoms with van der Waals surface area (Å²) in [6, 6.07) is 11.3. The summed E-state index contributed by atoms with van der Waals surface area (Å²) in [7, 11) is 1.49. The van der Waals surface area contributed by atoms with Gasteiger partial charge in [0.05, 0.1) is 12.1 Å². The van der Waals surface area contributed by atoms with Gasteiger partial charge in [0.1, 0.15) is 11.5 Å². The second-order valence-corrected chi connectivity index (χ2v) is 5.38. The first-order chi connectivity index (χ1) is 11.5. The van der Waals surface area contributed by atoms with Crippen molar-refractivity contribution in [1.82, 2.24) is 5.32 Å². The SMILES string of the molecule is COc1ccc(NC(=O)C(=O)NCCc2ccc(O)cc2)cc1Cl. The van der Waals surface area contributed by atoms with E-state index >= 15 is 0 Å². The van der Waals surface area contributed by atoms with Crippen LogP contribution in [0.25, 0.3) is 0 Å². The number of aromatic hydroxyl groups is 1. The molecule has 0 radical (unpaired) electrons. The molecule has 0 aliphatic heterocycles. The van der Waals surface area contributed by atoms with Crippen LogP contribution in [0.3, 0.4) is 0 Å². The second kappa shape index (κ2) is 8.21. The van der Waals surface area contributed by atoms with E-state index in [1.54, 1.807) is 36.4 Å². The van der Waals surface area contributed by atoms with Crippen LogP contribution in [0.1, 0.15) is 5.56 Å². The quantitative estimate of drug-likeness (QED) is 0.724. The van der Waals surface area contributed by atoms with Gasteiger partial charge < -0.3 is 20.5 Å². The molecule has 24 heavy (non-hydrogen) atoms. The molecule has 0 bridgehead atoms. The number of carbonyl (C=O) groups is 2. The molecule has 0 spiro atoms. The Hall–Kier alpha value is -2.73. The van der Waals surface area contributed by atoms with Crippen molar-refractivity contribution in [3.05, 3.63) is 53.1 Å². The molecule has 0 saturated heterocycles. The van der Waals surface area contributed by atoms with Crippen molar-refractivity contribution in [2.45, 2.75) is 6.42 Å². The molecule has 0 heterocycles. The minimum absolute atomic E-state index is 0.181. The Kier molecular flexibility index (Phi) is 6.03. The first kappa shape index (κ1) is 17.6. The van der Waals surface area contributed by atoms with Crippen molar-refractivity contribution >= 4 is 29.1 Å². The van der Waals surface area contributed by atoms with Crippen molar-refractivity contribution in [2.24, 2.45) is 0 Å². The summed E-state index contributed by atoms with van der Waals surface area (Å²) in [6.45, 7) is 0.306. The maximum Gasteiger partial charge on any atom is 0.313 e. The molecular formula is C17H17ClN2O4. The van der Waals surface area contributed by atoms with Crippen LogP contribution in [-0.4, -0.2) is 30.6 Å². The third-order valence-corrected chi connectivity index (χ3v) is 3.55. The summed E-state index contributed by atoms with van der Waals surface area (Å²) < 4.78 is 5.02. The lowest BCUT2D eigenvalue weighted by Gasteiger charge is -2.08. The Balaban J connectivity index is 1.82. The van der Waals surface area contributed by atoms with Crippen molar-refractivity contribution in [3.63, 3.8) is 0 Å². The Bertz CT molecular complexity index is 732. The van der Waals surface area contributed by atoms with Gasteiger partial charge in [-0.3, -0.25) is 9.59 Å². The number of rotatable bonds is 5. The maximum atomic E-state index is 11.8. The number of methoxy groups -OCH3 is 1. The number of ether oxygens (including phenoxy) is 1. The van der Waals surface area contributed by atoms with Gasteiger partial charge in [0.15, 0.2) is 0 Å². The molecule has 126 valence electrons. The van der Waals surface area contributed by atoms with Crippen LogP contribution in [0.5, 0.6) is 11.5 Å². The molecule has 2 rings (SSSR count). The highest BCUT2D eigenvalue weighted by Crippen LogP contribution is 2.27. The predicted molar refractivity (Wildman–Crippen MR) is 91.5 cm³/mol. The molecular weight excluding hydrogens is 332 g/mol. The van der Waals surface area contributed by atoms with E-state index in [1.165, 1.54) is 13.2 Å². The zero-order valence-electron chi connectivity index (χ0n) is 13.0. The van der Waals surface area contributed by atoms with Gasteiger partial charge in [-0.05, 0) is 42.3 Å². The van der Waals surface area contributed by atoms with Crippen LogP contribution in [0.2, 0.25) is 5.02 Å². The third-order valence-electron chi connectivity index (χ3n) is 3.25. The lowest BCUT2D eigenvalue weighted by atomic mass is 10.1. The molecule has 0 aromatic heterocycles. The molecule has 0 saturated carbocycles. The van der Waals surface area contributed by atoms with E-state index in [-0.39, 0.29) is 5.75 Å². The maximum absolute atomic E-state index is 11.8. The first-order valence-corrected chi connectivity index (χ1v) is 7.58. The summed E-state index contributed by atoms with van der Waals surface area (Å²) in [5, 5.41) is 14.5. The van der Waals surface area contributed by atoms with Crippen molar-refractivity contribution in [3.8, 4) is 11.5 Å². The summed E-state index contributed by atoms with van der Waals surface area (Å²) >= 11 is 5.96. The van der Waals surface area contributed by atoms with Crippen LogP contribution >= 0.6 is 11.6 Å². The van der Waals surface area contributed by atoms with Crippen LogP contribution in [0, 0.1) is 0 Å². The van der Waals surface area contributed by atoms with Crippen LogP contribution in [0.4, 0.5) is 5.69 Å². The van der Waals surface area contributed by atoms with Gasteiger partial charge in [0.2, 0.25) is 0 Å². The summed E-state index contributed by atoms with van der Waals surface area (Å²) in [4.78, 5) is 23.6. The number of amides is 2. The van der Waals surface area contributed by atoms with E-state index in [2.05, 4.69) is 10.6 Å². The van der Waals surface area contributed by atoms with Crippen LogP contribution in [-0.2, 0) is 16.0 Å². The largest absolute Gasteiger partial charge is 0.508 e. The van der Waals surface area contributed by atoms with Crippen molar-refractivity contribution in [1.29, 1.82) is 0 Å². The summed E-state index contributed by atoms with van der Waals surface area (Å²) in [6.07, 6.45) is 0.549. The number of anilines is 1. The highest BCUT2D eigenvalue weighted by molar-refractivity contribution is 6.40. The van der Waals surface area contributed by atoms with Crippen molar-refractivity contribution in [2.75, 3.05) is 19.0 Å². The molecule has 0 fully saturated rings. The number of phenols is 1. The lowest BCUT2D eigenvalue weighted by Crippen LogP contribution is -2.36. The van der Waals surface area contributed by atoms with Gasteiger partial charge in [-0.25, -0.2) is 0 Å². The first-order valence-electron chi connectivity index (χ1n) is 7.20. The Morgan fingerprint density at radius 1 is 1.12 bits per heavy atom. The minimum Gasteiger partial charge on any atom is -0.508 e. The molecule has 0 unspecified atom stereocenters. The minimum atomic E-state index is -0.776. The van der Waals surface area contributed by atoms with Gasteiger partial charge in [0, 0.05) is 12.2 Å². The zero-order valence-corrected chi connectivity index (χ0v) is 13.8. The monoisotopic (exact) mass is 348 g/mol. The van der Waals surface area contributed by atoms with E-state index in [4.69, 9.17) is 16.3 Å². The van der Waals surface area contributed by atoms with E-state index < -0.39 is 11.8 Å². The number of hydrogen-bond donors (Lipinski definition) is 3. The molecule has 7 heteroatoms. The Morgan fingerprint density at radius 2 is 1.83 bits per heavy atom. The van der Waals surface area contributed by atoms with Crippen LogP contribution < -0.4 is 15.4 Å². The summed E-state index contributed by atoms with van der Waals surface area (Å²) in [5.74, 6) is -0.851. The normalized spacial score (nSPS) is 10.1. The zero-order chi connectivity index (χ0) is 17.5. The second-order valence-electron chi connectivity index (χ2n) is 4.98. The molecule has 2 aromatic carbocycles. The van der Waals surface area contributed by atoms with Gasteiger partial charge in [0.25, 0.3) is 0 Å². The number of phenolic OH excluding ortho intramolecular Hbond substituents is 1. The molecule has 0 atom stereocenters. The van der Waals surface area contributed by atoms with Gasteiger partial charge >= 0.3 is 11.8 Å². The Labute approximate surface area is 144 Å². The average Bonchev–Trinajstić information content (AvgIpc) is 2.56. The Morgan fingerprint density at radius 3 is 2.46 bits per heavy atom. The lowest BCUT2D eigenvalue weighted by molar-refractivity contribution is -0.136. The van der Waals surface area contributed by atoms with Crippen molar-refractivity contribution < 1.29 is 19.4 Å². The smallest absolute Gasteiger partial charge is 0.313 e. The fourth-order valence-corrected chi connectivity index (χ4v) is 2.25. The summed E-state index contributed by atoms with van der Waals surface area (Å²) in [5.41, 5.74) is 1.34. The van der Waals surface area contributed by atoms with E-state index in [1.807, 2.05) is 0 Å². The number of halogens is 1. The molecule has 0 aliphatic rings. The van der Waals surface area contributed by atoms with Gasteiger partial charge in [-0.15, -0.1) is 0 Å². The highest BCUT2D eigenvalue weighted by Gasteiger charge is 2.14. The molecule has 2 amide bonds. The van der Waals surface area contributed by atoms with Gasteiger partial charge in [-0.1, -0.05) is 23.7 Å². The third kappa shape index (κ3) is 4.89. The predicted octanol–water partition coefficient (Wildman–Crippen LogP) is 2.35. The van der Waals surface area contributed by atoms with Gasteiger partial charge in [-0.2, -0.15) is 0 Å². The van der Waals surface area contributed by atoms with E-state index in [0.29, 0.717) is 29.4 Å². The van der Waals surface area contributed by atoms with E-state index in [9.17, 15) is 14.7 Å². The average molecular weight is 349 g/mol.